The molecule has 0 fully saturated rings. The number of amides is 1. The van der Waals surface area contributed by atoms with E-state index >= 15 is 0 Å². The Balaban J connectivity index is 1.59. The van der Waals surface area contributed by atoms with Gasteiger partial charge in [0.2, 0.25) is 5.76 Å². The lowest BCUT2D eigenvalue weighted by Gasteiger charge is -2.17. The zero-order valence-electron chi connectivity index (χ0n) is 14.1. The maximum Gasteiger partial charge on any atom is 0.290 e. The van der Waals surface area contributed by atoms with Crippen molar-refractivity contribution in [2.75, 3.05) is 0 Å². The number of nitrogens with zero attached hydrogens (tertiary/aromatic N) is 1. The Labute approximate surface area is 159 Å². The highest BCUT2D eigenvalue weighted by Crippen LogP contribution is 2.27. The third-order valence-corrected chi connectivity index (χ3v) is 5.03. The summed E-state index contributed by atoms with van der Waals surface area (Å²) in [4.78, 5) is 13.7. The first-order valence-corrected chi connectivity index (χ1v) is 9.20. The molecule has 4 rings (SSSR count). The Kier molecular flexibility index (Phi) is 4.80. The molecule has 134 valence electrons. The number of thiophene rings is 1. The molecule has 4 nitrogen and oxygen atoms in total. The van der Waals surface area contributed by atoms with Crippen molar-refractivity contribution in [3.8, 4) is 11.3 Å². The molecule has 0 saturated carbocycles. The van der Waals surface area contributed by atoms with E-state index in [9.17, 15) is 9.18 Å². The molecule has 1 unspecified atom stereocenters. The molecule has 0 radical (unpaired) electrons. The van der Waals surface area contributed by atoms with Crippen LogP contribution in [0.15, 0.2) is 82.7 Å². The van der Waals surface area contributed by atoms with Gasteiger partial charge in [0.25, 0.3) is 5.91 Å². The number of benzene rings is 2. The van der Waals surface area contributed by atoms with Crippen molar-refractivity contribution in [2.24, 2.45) is 0 Å². The van der Waals surface area contributed by atoms with E-state index in [1.165, 1.54) is 18.2 Å². The molecule has 2 aromatic heterocycles. The monoisotopic (exact) mass is 378 g/mol. The van der Waals surface area contributed by atoms with Gasteiger partial charge in [-0.2, -0.15) is 0 Å². The summed E-state index contributed by atoms with van der Waals surface area (Å²) in [6.45, 7) is 0. The number of rotatable bonds is 5. The van der Waals surface area contributed by atoms with E-state index in [-0.39, 0.29) is 23.5 Å². The van der Waals surface area contributed by atoms with Crippen molar-refractivity contribution in [1.29, 1.82) is 0 Å². The summed E-state index contributed by atoms with van der Waals surface area (Å²) in [5.74, 6) is -0.678. The fraction of sp³-hybridized carbons (Fsp3) is 0.0476. The lowest BCUT2D eigenvalue weighted by Crippen LogP contribution is -2.28. The highest BCUT2D eigenvalue weighted by molar-refractivity contribution is 7.10. The predicted octanol–water partition coefficient (Wildman–Crippen LogP) is 5.06. The number of halogens is 1. The molecule has 0 aliphatic rings. The van der Waals surface area contributed by atoms with Gasteiger partial charge >= 0.3 is 0 Å². The van der Waals surface area contributed by atoms with Crippen LogP contribution in [0.3, 0.4) is 0 Å². The van der Waals surface area contributed by atoms with Crippen LogP contribution in [0.1, 0.15) is 27.0 Å². The largest absolute Gasteiger partial charge is 0.350 e. The van der Waals surface area contributed by atoms with Crippen molar-refractivity contribution in [2.45, 2.75) is 6.04 Å². The molecule has 0 aliphatic carbocycles. The van der Waals surface area contributed by atoms with Gasteiger partial charge in [0.05, 0.1) is 6.04 Å². The summed E-state index contributed by atoms with van der Waals surface area (Å²) in [6.07, 6.45) is 0. The van der Waals surface area contributed by atoms with Gasteiger partial charge in [-0.25, -0.2) is 4.39 Å². The van der Waals surface area contributed by atoms with E-state index in [1.807, 2.05) is 47.8 Å². The number of carbonyl (C=O) groups is 1. The highest BCUT2D eigenvalue weighted by atomic mass is 32.1. The fourth-order valence-electron chi connectivity index (χ4n) is 2.79. The first kappa shape index (κ1) is 17.2. The van der Waals surface area contributed by atoms with Gasteiger partial charge in [0, 0.05) is 16.5 Å². The fourth-order valence-corrected chi connectivity index (χ4v) is 3.59. The van der Waals surface area contributed by atoms with Crippen LogP contribution >= 0.6 is 11.3 Å². The van der Waals surface area contributed by atoms with E-state index in [0.717, 1.165) is 10.4 Å². The molecule has 27 heavy (non-hydrogen) atoms. The summed E-state index contributed by atoms with van der Waals surface area (Å²) in [5, 5.41) is 8.85. The van der Waals surface area contributed by atoms with Crippen molar-refractivity contribution >= 4 is 17.2 Å². The molecule has 0 spiro atoms. The van der Waals surface area contributed by atoms with Crippen LogP contribution in [-0.4, -0.2) is 11.1 Å². The summed E-state index contributed by atoms with van der Waals surface area (Å²) >= 11 is 1.56. The van der Waals surface area contributed by atoms with Crippen LogP contribution in [-0.2, 0) is 0 Å². The Morgan fingerprint density at radius 1 is 1.04 bits per heavy atom. The molecule has 4 aromatic rings. The van der Waals surface area contributed by atoms with E-state index < -0.39 is 0 Å². The first-order chi connectivity index (χ1) is 13.2. The Hall–Kier alpha value is -3.25. The zero-order chi connectivity index (χ0) is 18.6. The molecule has 1 atom stereocenters. The van der Waals surface area contributed by atoms with Crippen molar-refractivity contribution in [3.63, 3.8) is 0 Å². The third-order valence-electron chi connectivity index (χ3n) is 4.09. The molecule has 2 aromatic carbocycles. The van der Waals surface area contributed by atoms with Gasteiger partial charge in [-0.05, 0) is 29.1 Å². The SMILES string of the molecule is O=C(NC(c1ccccc1)c1cccs1)c1cc(-c2cccc(F)c2)no1. The van der Waals surface area contributed by atoms with Gasteiger partial charge < -0.3 is 9.84 Å². The minimum absolute atomic E-state index is 0.0757. The van der Waals surface area contributed by atoms with Gasteiger partial charge in [-0.3, -0.25) is 4.79 Å². The zero-order valence-corrected chi connectivity index (χ0v) is 14.9. The molecule has 0 saturated heterocycles. The third kappa shape index (κ3) is 3.80. The smallest absolute Gasteiger partial charge is 0.290 e. The second-order valence-electron chi connectivity index (χ2n) is 5.92. The molecule has 6 heteroatoms. The first-order valence-electron chi connectivity index (χ1n) is 8.32. The summed E-state index contributed by atoms with van der Waals surface area (Å²) in [6, 6.07) is 20.8. The molecule has 1 N–H and O–H groups in total. The van der Waals surface area contributed by atoms with E-state index in [1.54, 1.807) is 23.5 Å². The van der Waals surface area contributed by atoms with Crippen molar-refractivity contribution in [3.05, 3.63) is 100 Å². The van der Waals surface area contributed by atoms with Crippen molar-refractivity contribution < 1.29 is 13.7 Å². The molecular formula is C21H15FN2O2S. The lowest BCUT2D eigenvalue weighted by atomic mass is 10.1. The number of carbonyl (C=O) groups excluding carboxylic acids is 1. The van der Waals surface area contributed by atoms with Crippen LogP contribution in [0.2, 0.25) is 0 Å². The van der Waals surface area contributed by atoms with Gasteiger partial charge in [0.15, 0.2) is 0 Å². The molecule has 0 bridgehead atoms. The minimum Gasteiger partial charge on any atom is -0.350 e. The Morgan fingerprint density at radius 3 is 2.63 bits per heavy atom. The summed E-state index contributed by atoms with van der Waals surface area (Å²) in [7, 11) is 0. The molecule has 1 amide bonds. The quantitative estimate of drug-likeness (QED) is 0.528. The number of hydrogen-bond donors (Lipinski definition) is 1. The van der Waals surface area contributed by atoms with E-state index in [2.05, 4.69) is 10.5 Å². The van der Waals surface area contributed by atoms with Crippen LogP contribution < -0.4 is 5.32 Å². The number of aromatic nitrogens is 1. The van der Waals surface area contributed by atoms with Crippen LogP contribution in [0, 0.1) is 5.82 Å². The Bertz CT molecular complexity index is 1050. The van der Waals surface area contributed by atoms with Gasteiger partial charge in [-0.1, -0.05) is 53.7 Å². The average molecular weight is 378 g/mol. The average Bonchev–Trinajstić information content (AvgIpc) is 3.39. The summed E-state index contributed by atoms with van der Waals surface area (Å²) < 4.78 is 18.6. The molecule has 0 aliphatic heterocycles. The number of nitrogens with one attached hydrogen (secondary N) is 1. The minimum atomic E-state index is -0.382. The van der Waals surface area contributed by atoms with E-state index in [0.29, 0.717) is 11.3 Å². The van der Waals surface area contributed by atoms with Crippen LogP contribution in [0.25, 0.3) is 11.3 Å². The topological polar surface area (TPSA) is 55.1 Å². The van der Waals surface area contributed by atoms with Crippen molar-refractivity contribution in [1.82, 2.24) is 10.5 Å². The predicted molar refractivity (Wildman–Crippen MR) is 102 cm³/mol. The normalized spacial score (nSPS) is 11.9. The second kappa shape index (κ2) is 7.55. The van der Waals surface area contributed by atoms with Crippen LogP contribution in [0.4, 0.5) is 4.39 Å². The summed E-state index contributed by atoms with van der Waals surface area (Å²) in [5.41, 5.74) is 1.93. The second-order valence-corrected chi connectivity index (χ2v) is 6.90. The standard InChI is InChI=1S/C21H15FN2O2S/c22-16-9-4-8-15(12-16)17-13-18(26-24-17)21(25)23-20(19-10-5-11-27-19)14-6-2-1-3-7-14/h1-13,20H,(H,23,25). The van der Waals surface area contributed by atoms with Gasteiger partial charge in [0.1, 0.15) is 11.5 Å². The molecular weight excluding hydrogens is 363 g/mol. The lowest BCUT2D eigenvalue weighted by molar-refractivity contribution is 0.0906. The highest BCUT2D eigenvalue weighted by Gasteiger charge is 2.21. The van der Waals surface area contributed by atoms with Crippen LogP contribution in [0.5, 0.6) is 0 Å². The molecule has 2 heterocycles. The maximum absolute atomic E-state index is 13.4. The Morgan fingerprint density at radius 2 is 1.89 bits per heavy atom. The maximum atomic E-state index is 13.4. The van der Waals surface area contributed by atoms with E-state index in [4.69, 9.17) is 4.52 Å². The number of hydrogen-bond acceptors (Lipinski definition) is 4. The van der Waals surface area contributed by atoms with Gasteiger partial charge in [-0.15, -0.1) is 11.3 Å².